The Morgan fingerprint density at radius 2 is 1.68 bits per heavy atom. The number of hydrogen-bond donors (Lipinski definition) is 0. The Bertz CT molecular complexity index is 344. The van der Waals surface area contributed by atoms with Gasteiger partial charge >= 0.3 is 11.9 Å². The van der Waals surface area contributed by atoms with Gasteiger partial charge in [0.05, 0.1) is 18.4 Å². The lowest BCUT2D eigenvalue weighted by Gasteiger charge is -2.27. The lowest BCUT2D eigenvalue weighted by atomic mass is 9.79. The molecule has 1 rings (SSSR count). The van der Waals surface area contributed by atoms with Gasteiger partial charge in [0, 0.05) is 0 Å². The van der Waals surface area contributed by atoms with Gasteiger partial charge < -0.3 is 4.74 Å². The van der Waals surface area contributed by atoms with E-state index in [-0.39, 0.29) is 5.97 Å². The summed E-state index contributed by atoms with van der Waals surface area (Å²) in [5.41, 5.74) is 0.887. The number of rotatable bonds is 5. The smallest absolute Gasteiger partial charge is 0.359 e. The van der Waals surface area contributed by atoms with Gasteiger partial charge in [-0.2, -0.15) is 0 Å². The monoisotopic (exact) mass is 270 g/mol. The minimum absolute atomic E-state index is 0.314. The molecule has 5 nitrogen and oxygen atoms in total. The van der Waals surface area contributed by atoms with Gasteiger partial charge in [0.25, 0.3) is 0 Å². The molecule has 0 N–H and O–H groups in total. The van der Waals surface area contributed by atoms with E-state index in [9.17, 15) is 9.59 Å². The Balaban J connectivity index is 2.58. The van der Waals surface area contributed by atoms with Gasteiger partial charge in [-0.25, -0.2) is 4.79 Å². The lowest BCUT2D eigenvalue weighted by Crippen LogP contribution is -2.34. The molecular formula is C14H22O5. The number of carbonyl (C=O) groups excluding carboxylic acids is 2. The second-order valence-corrected chi connectivity index (χ2v) is 4.94. The standard InChI is InChI=1S/C14H22O5/c1-4-17-13(15)11-7-5-6-8-12(11)14(16)19-18-9-10(2)3/h9,11-12H,4-8H2,1-3H3. The largest absolute Gasteiger partial charge is 0.466 e. The summed E-state index contributed by atoms with van der Waals surface area (Å²) in [5, 5.41) is 0. The highest BCUT2D eigenvalue weighted by Gasteiger charge is 2.38. The van der Waals surface area contributed by atoms with Gasteiger partial charge in [-0.05, 0) is 39.2 Å². The molecule has 0 heterocycles. The fourth-order valence-electron chi connectivity index (χ4n) is 2.17. The number of carbonyl (C=O) groups is 2. The molecule has 1 saturated carbocycles. The van der Waals surface area contributed by atoms with Crippen LogP contribution in [0.4, 0.5) is 0 Å². The van der Waals surface area contributed by atoms with Crippen LogP contribution in [0.25, 0.3) is 0 Å². The summed E-state index contributed by atoms with van der Waals surface area (Å²) in [5.74, 6) is -1.67. The highest BCUT2D eigenvalue weighted by molar-refractivity contribution is 5.82. The van der Waals surface area contributed by atoms with Crippen LogP contribution in [0.5, 0.6) is 0 Å². The van der Waals surface area contributed by atoms with Crippen molar-refractivity contribution in [2.24, 2.45) is 11.8 Å². The SMILES string of the molecule is CCOC(=O)C1CCCCC1C(=O)OOC=C(C)C. The summed E-state index contributed by atoms with van der Waals surface area (Å²) in [7, 11) is 0. The topological polar surface area (TPSA) is 61.8 Å². The first kappa shape index (κ1) is 15.5. The Morgan fingerprint density at radius 3 is 2.21 bits per heavy atom. The molecule has 1 aliphatic rings. The number of ether oxygens (including phenoxy) is 1. The zero-order chi connectivity index (χ0) is 14.3. The summed E-state index contributed by atoms with van der Waals surface area (Å²) in [6, 6.07) is 0. The van der Waals surface area contributed by atoms with E-state index in [1.807, 2.05) is 13.8 Å². The molecule has 0 radical (unpaired) electrons. The van der Waals surface area contributed by atoms with Crippen LogP contribution >= 0.6 is 0 Å². The van der Waals surface area contributed by atoms with E-state index >= 15 is 0 Å². The van der Waals surface area contributed by atoms with E-state index in [0.717, 1.165) is 18.4 Å². The fraction of sp³-hybridized carbons (Fsp3) is 0.714. The van der Waals surface area contributed by atoms with Crippen LogP contribution in [0.2, 0.25) is 0 Å². The highest BCUT2D eigenvalue weighted by atomic mass is 17.2. The Kier molecular flexibility index (Phi) is 6.39. The van der Waals surface area contributed by atoms with Crippen molar-refractivity contribution >= 4 is 11.9 Å². The molecule has 108 valence electrons. The third-order valence-electron chi connectivity index (χ3n) is 3.07. The van der Waals surface area contributed by atoms with Gasteiger partial charge in [0.1, 0.15) is 6.26 Å². The quantitative estimate of drug-likeness (QED) is 0.333. The van der Waals surface area contributed by atoms with Crippen LogP contribution in [0.1, 0.15) is 46.5 Å². The molecule has 0 aromatic rings. The minimum atomic E-state index is -0.491. The predicted molar refractivity (Wildman–Crippen MR) is 68.7 cm³/mol. The van der Waals surface area contributed by atoms with Gasteiger partial charge in [-0.15, -0.1) is 0 Å². The number of hydrogen-bond acceptors (Lipinski definition) is 5. The molecule has 2 unspecified atom stereocenters. The summed E-state index contributed by atoms with van der Waals surface area (Å²) in [6.45, 7) is 5.74. The molecule has 2 atom stereocenters. The maximum atomic E-state index is 11.9. The van der Waals surface area contributed by atoms with Crippen LogP contribution in [-0.4, -0.2) is 18.5 Å². The van der Waals surface area contributed by atoms with E-state index < -0.39 is 17.8 Å². The lowest BCUT2D eigenvalue weighted by molar-refractivity contribution is -0.246. The first-order valence-corrected chi connectivity index (χ1v) is 6.73. The second-order valence-electron chi connectivity index (χ2n) is 4.94. The van der Waals surface area contributed by atoms with E-state index in [4.69, 9.17) is 14.5 Å². The second kappa shape index (κ2) is 7.81. The maximum absolute atomic E-state index is 11.9. The van der Waals surface area contributed by atoms with E-state index in [0.29, 0.717) is 19.4 Å². The Labute approximate surface area is 113 Å². The van der Waals surface area contributed by atoms with Crippen LogP contribution < -0.4 is 0 Å². The van der Waals surface area contributed by atoms with Gasteiger partial charge in [-0.1, -0.05) is 12.8 Å². The van der Waals surface area contributed by atoms with Crippen LogP contribution in [0.15, 0.2) is 11.8 Å². The van der Waals surface area contributed by atoms with Crippen molar-refractivity contribution in [1.29, 1.82) is 0 Å². The van der Waals surface area contributed by atoms with Gasteiger partial charge in [0.2, 0.25) is 0 Å². The molecule has 1 fully saturated rings. The predicted octanol–water partition coefficient (Wildman–Crippen LogP) is 2.75. The molecule has 0 aliphatic heterocycles. The van der Waals surface area contributed by atoms with Crippen LogP contribution in [0.3, 0.4) is 0 Å². The summed E-state index contributed by atoms with van der Waals surface area (Å²) in [6.07, 6.45) is 4.52. The van der Waals surface area contributed by atoms with Crippen molar-refractivity contribution < 1.29 is 24.1 Å². The van der Waals surface area contributed by atoms with Crippen molar-refractivity contribution in [3.63, 3.8) is 0 Å². The average Bonchev–Trinajstić information content (AvgIpc) is 2.38. The molecule has 0 amide bonds. The first-order chi connectivity index (χ1) is 9.06. The van der Waals surface area contributed by atoms with Crippen molar-refractivity contribution in [3.8, 4) is 0 Å². The zero-order valence-electron chi connectivity index (χ0n) is 11.8. The van der Waals surface area contributed by atoms with Crippen LogP contribution in [-0.2, 0) is 24.1 Å². The van der Waals surface area contributed by atoms with Crippen molar-refractivity contribution in [2.75, 3.05) is 6.61 Å². The van der Waals surface area contributed by atoms with Crippen molar-refractivity contribution in [2.45, 2.75) is 46.5 Å². The summed E-state index contributed by atoms with van der Waals surface area (Å²) < 4.78 is 5.01. The summed E-state index contributed by atoms with van der Waals surface area (Å²) >= 11 is 0. The first-order valence-electron chi connectivity index (χ1n) is 6.73. The molecule has 0 spiro atoms. The van der Waals surface area contributed by atoms with Gasteiger partial charge in [0.15, 0.2) is 0 Å². The number of allylic oxidation sites excluding steroid dienone is 1. The Hall–Kier alpha value is -1.52. The average molecular weight is 270 g/mol. The molecule has 0 bridgehead atoms. The van der Waals surface area contributed by atoms with Crippen LogP contribution in [0, 0.1) is 11.8 Å². The molecule has 0 aromatic heterocycles. The van der Waals surface area contributed by atoms with Gasteiger partial charge in [-0.3, -0.25) is 14.6 Å². The fourth-order valence-corrected chi connectivity index (χ4v) is 2.17. The van der Waals surface area contributed by atoms with E-state index in [1.54, 1.807) is 6.92 Å². The normalized spacial score (nSPS) is 22.3. The Morgan fingerprint density at radius 1 is 1.11 bits per heavy atom. The molecule has 5 heteroatoms. The van der Waals surface area contributed by atoms with Crippen molar-refractivity contribution in [1.82, 2.24) is 0 Å². The molecule has 0 saturated heterocycles. The molecule has 19 heavy (non-hydrogen) atoms. The highest BCUT2D eigenvalue weighted by Crippen LogP contribution is 2.32. The summed E-state index contributed by atoms with van der Waals surface area (Å²) in [4.78, 5) is 33.2. The molecule has 1 aliphatic carbocycles. The number of esters is 1. The molecule has 0 aromatic carbocycles. The third-order valence-corrected chi connectivity index (χ3v) is 3.07. The maximum Gasteiger partial charge on any atom is 0.359 e. The zero-order valence-corrected chi connectivity index (χ0v) is 11.8. The third kappa shape index (κ3) is 4.93. The van der Waals surface area contributed by atoms with Crippen molar-refractivity contribution in [3.05, 3.63) is 11.8 Å². The van der Waals surface area contributed by atoms with E-state index in [2.05, 4.69) is 0 Å². The van der Waals surface area contributed by atoms with E-state index in [1.165, 1.54) is 6.26 Å². The molecular weight excluding hydrogens is 248 g/mol. The minimum Gasteiger partial charge on any atom is -0.466 e.